The fraction of sp³-hybridized carbons (Fsp3) is 0.300. The van der Waals surface area contributed by atoms with Crippen LogP contribution >= 0.6 is 28.3 Å². The average molecular weight is 311 g/mol. The minimum atomic E-state index is -0.428. The molecule has 16 heavy (non-hydrogen) atoms. The van der Waals surface area contributed by atoms with Gasteiger partial charge in [-0.05, 0) is 17.7 Å². The Kier molecular flexibility index (Phi) is 4.56. The van der Waals surface area contributed by atoms with Crippen LogP contribution in [0.1, 0.15) is 18.0 Å². The van der Waals surface area contributed by atoms with Crippen LogP contribution in [0.4, 0.5) is 9.18 Å². The molecule has 1 aromatic rings. The smallest absolute Gasteiger partial charge is 0.407 e. The molecule has 0 aromatic heterocycles. The van der Waals surface area contributed by atoms with Gasteiger partial charge in [-0.1, -0.05) is 22.0 Å². The number of hydrogen-bond donors (Lipinski definition) is 1. The van der Waals surface area contributed by atoms with E-state index in [1.807, 2.05) is 0 Å². The number of carbonyl (C=O) groups excluding carboxylic acids is 1. The second-order valence-electron chi connectivity index (χ2n) is 3.29. The van der Waals surface area contributed by atoms with Crippen molar-refractivity contribution in [2.45, 2.75) is 12.5 Å². The molecule has 1 N–H and O–H groups in total. The third-order valence-electron chi connectivity index (χ3n) is 2.27. The first-order valence-electron chi connectivity index (χ1n) is 4.55. The van der Waals surface area contributed by atoms with Crippen molar-refractivity contribution in [3.8, 4) is 0 Å². The van der Waals surface area contributed by atoms with Crippen molar-refractivity contribution in [2.75, 3.05) is 6.61 Å². The van der Waals surface area contributed by atoms with Crippen molar-refractivity contribution < 1.29 is 13.9 Å². The molecule has 0 aliphatic carbocycles. The lowest BCUT2D eigenvalue weighted by Crippen LogP contribution is -2.35. The lowest BCUT2D eigenvalue weighted by atomic mass is 10.0. The Hall–Kier alpha value is -0.810. The zero-order valence-corrected chi connectivity index (χ0v) is 10.6. The van der Waals surface area contributed by atoms with Gasteiger partial charge in [0.05, 0.1) is 12.6 Å². The van der Waals surface area contributed by atoms with Crippen LogP contribution < -0.4 is 5.32 Å². The monoisotopic (exact) mass is 309 g/mol. The van der Waals surface area contributed by atoms with E-state index >= 15 is 0 Å². The summed E-state index contributed by atoms with van der Waals surface area (Å²) in [6.45, 7) is 0.389. The summed E-state index contributed by atoms with van der Waals surface area (Å²) in [5, 5.41) is 2.68. The Balaban J connectivity index is 0.00000128. The Morgan fingerprint density at radius 3 is 2.88 bits per heavy atom. The molecule has 1 fully saturated rings. The summed E-state index contributed by atoms with van der Waals surface area (Å²) in [6, 6.07) is 4.31. The molecule has 0 bridgehead atoms. The number of amides is 1. The van der Waals surface area contributed by atoms with Crippen LogP contribution in [-0.2, 0) is 4.74 Å². The van der Waals surface area contributed by atoms with Crippen LogP contribution in [0.2, 0.25) is 0 Å². The standard InChI is InChI=1S/C10H9BrFNO2.ClH/c11-8-5-6(12)1-2-7(8)9-3-4-15-10(14)13-9;/h1-2,5,9H,3-4H2,(H,13,14);1H/t9-;/m1./s1. The van der Waals surface area contributed by atoms with Crippen molar-refractivity contribution in [3.05, 3.63) is 34.1 Å². The van der Waals surface area contributed by atoms with Crippen molar-refractivity contribution in [1.82, 2.24) is 5.32 Å². The first-order chi connectivity index (χ1) is 7.16. The zero-order valence-electron chi connectivity index (χ0n) is 8.20. The molecular formula is C10H10BrClFNO2. The maximum absolute atomic E-state index is 12.8. The summed E-state index contributed by atoms with van der Waals surface area (Å²) in [7, 11) is 0. The number of halogens is 3. The van der Waals surface area contributed by atoms with Gasteiger partial charge in [-0.25, -0.2) is 9.18 Å². The number of carbonyl (C=O) groups is 1. The van der Waals surface area contributed by atoms with Gasteiger partial charge in [-0.2, -0.15) is 0 Å². The van der Waals surface area contributed by atoms with E-state index in [4.69, 9.17) is 4.74 Å². The molecule has 1 atom stereocenters. The van der Waals surface area contributed by atoms with Crippen molar-refractivity contribution in [1.29, 1.82) is 0 Å². The molecule has 0 spiro atoms. The normalized spacial score (nSPS) is 19.4. The van der Waals surface area contributed by atoms with Gasteiger partial charge in [0, 0.05) is 10.9 Å². The SMILES string of the molecule is Cl.O=C1N[C@@H](c2ccc(F)cc2Br)CCO1. The highest BCUT2D eigenvalue weighted by Gasteiger charge is 2.22. The second kappa shape index (κ2) is 5.50. The highest BCUT2D eigenvalue weighted by molar-refractivity contribution is 9.10. The Morgan fingerprint density at radius 1 is 1.50 bits per heavy atom. The quantitative estimate of drug-likeness (QED) is 0.865. The van der Waals surface area contributed by atoms with E-state index in [-0.39, 0.29) is 24.3 Å². The van der Waals surface area contributed by atoms with Gasteiger partial charge < -0.3 is 10.1 Å². The van der Waals surface area contributed by atoms with E-state index in [1.165, 1.54) is 12.1 Å². The molecule has 88 valence electrons. The maximum atomic E-state index is 12.8. The minimum Gasteiger partial charge on any atom is -0.449 e. The first-order valence-corrected chi connectivity index (χ1v) is 5.34. The van der Waals surface area contributed by atoms with Crippen LogP contribution in [-0.4, -0.2) is 12.7 Å². The molecule has 0 radical (unpaired) electrons. The molecule has 1 saturated heterocycles. The third kappa shape index (κ3) is 2.86. The van der Waals surface area contributed by atoms with E-state index in [0.29, 0.717) is 17.5 Å². The molecule has 0 saturated carbocycles. The summed E-state index contributed by atoms with van der Waals surface area (Å²) in [5.41, 5.74) is 0.869. The summed E-state index contributed by atoms with van der Waals surface area (Å²) in [6.07, 6.45) is 0.262. The largest absolute Gasteiger partial charge is 0.449 e. The number of benzene rings is 1. The lowest BCUT2D eigenvalue weighted by molar-refractivity contribution is 0.115. The average Bonchev–Trinajstić information content (AvgIpc) is 2.17. The highest BCUT2D eigenvalue weighted by atomic mass is 79.9. The van der Waals surface area contributed by atoms with Crippen LogP contribution in [0.5, 0.6) is 0 Å². The zero-order chi connectivity index (χ0) is 10.8. The molecule has 1 aromatic carbocycles. The Bertz CT molecular complexity index is 402. The van der Waals surface area contributed by atoms with E-state index < -0.39 is 6.09 Å². The molecule has 3 nitrogen and oxygen atoms in total. The molecule has 0 unspecified atom stereocenters. The van der Waals surface area contributed by atoms with E-state index in [2.05, 4.69) is 21.2 Å². The Labute approximate surface area is 107 Å². The van der Waals surface area contributed by atoms with Gasteiger partial charge in [0.2, 0.25) is 0 Å². The fourth-order valence-corrected chi connectivity index (χ4v) is 2.17. The van der Waals surface area contributed by atoms with E-state index in [0.717, 1.165) is 5.56 Å². The number of rotatable bonds is 1. The highest BCUT2D eigenvalue weighted by Crippen LogP contribution is 2.27. The topological polar surface area (TPSA) is 38.3 Å². The molecule has 1 aliphatic rings. The van der Waals surface area contributed by atoms with Crippen LogP contribution in [0.25, 0.3) is 0 Å². The minimum absolute atomic E-state index is 0. The number of alkyl carbamates (subject to hydrolysis) is 1. The van der Waals surface area contributed by atoms with Crippen LogP contribution in [0.3, 0.4) is 0 Å². The predicted molar refractivity (Wildman–Crippen MR) is 63.2 cm³/mol. The van der Waals surface area contributed by atoms with Crippen molar-refractivity contribution in [2.24, 2.45) is 0 Å². The van der Waals surface area contributed by atoms with E-state index in [9.17, 15) is 9.18 Å². The van der Waals surface area contributed by atoms with Gasteiger partial charge in [-0.15, -0.1) is 12.4 Å². The van der Waals surface area contributed by atoms with Crippen LogP contribution in [0, 0.1) is 5.82 Å². The van der Waals surface area contributed by atoms with Gasteiger partial charge in [0.1, 0.15) is 5.82 Å². The molecule has 1 heterocycles. The second-order valence-corrected chi connectivity index (χ2v) is 4.14. The fourth-order valence-electron chi connectivity index (χ4n) is 1.54. The van der Waals surface area contributed by atoms with Gasteiger partial charge in [0.15, 0.2) is 0 Å². The number of nitrogens with one attached hydrogen (secondary N) is 1. The van der Waals surface area contributed by atoms with Gasteiger partial charge in [0.25, 0.3) is 0 Å². The molecule has 6 heteroatoms. The number of hydrogen-bond acceptors (Lipinski definition) is 2. The Morgan fingerprint density at radius 2 is 2.25 bits per heavy atom. The molecule has 1 aliphatic heterocycles. The third-order valence-corrected chi connectivity index (χ3v) is 2.96. The summed E-state index contributed by atoms with van der Waals surface area (Å²) < 4.78 is 18.3. The number of ether oxygens (including phenoxy) is 1. The predicted octanol–water partition coefficient (Wildman–Crippen LogP) is 3.18. The molecule has 2 rings (SSSR count). The maximum Gasteiger partial charge on any atom is 0.407 e. The van der Waals surface area contributed by atoms with E-state index in [1.54, 1.807) is 6.07 Å². The summed E-state index contributed by atoms with van der Waals surface area (Å²) in [4.78, 5) is 11.0. The van der Waals surface area contributed by atoms with Gasteiger partial charge in [-0.3, -0.25) is 0 Å². The van der Waals surface area contributed by atoms with Crippen molar-refractivity contribution >= 4 is 34.4 Å². The summed E-state index contributed by atoms with van der Waals surface area (Å²) in [5.74, 6) is -0.302. The lowest BCUT2D eigenvalue weighted by Gasteiger charge is -2.24. The van der Waals surface area contributed by atoms with Gasteiger partial charge >= 0.3 is 6.09 Å². The van der Waals surface area contributed by atoms with Crippen molar-refractivity contribution in [3.63, 3.8) is 0 Å². The molecule has 1 amide bonds. The first kappa shape index (κ1) is 13.3. The number of cyclic esters (lactones) is 1. The molecular weight excluding hydrogens is 300 g/mol. The van der Waals surface area contributed by atoms with Crippen LogP contribution in [0.15, 0.2) is 22.7 Å². The summed E-state index contributed by atoms with van der Waals surface area (Å²) >= 11 is 3.27.